The third-order valence-electron chi connectivity index (χ3n) is 2.95. The van der Waals surface area contributed by atoms with E-state index in [2.05, 4.69) is 0 Å². The first-order valence-electron chi connectivity index (χ1n) is 5.59. The Morgan fingerprint density at radius 3 is 2.22 bits per heavy atom. The summed E-state index contributed by atoms with van der Waals surface area (Å²) in [6.45, 7) is 3.73. The van der Waals surface area contributed by atoms with E-state index in [4.69, 9.17) is 5.14 Å². The summed E-state index contributed by atoms with van der Waals surface area (Å²) in [6.07, 6.45) is 0. The SMILES string of the molecule is Cc1ccccc1-c1ccc(C)c(S(N)(=O)=O)c1. The third-order valence-corrected chi connectivity index (χ3v) is 4.00. The fourth-order valence-corrected chi connectivity index (χ4v) is 2.78. The van der Waals surface area contributed by atoms with Crippen molar-refractivity contribution < 1.29 is 8.42 Å². The molecular weight excluding hydrogens is 246 g/mol. The van der Waals surface area contributed by atoms with E-state index in [-0.39, 0.29) is 4.90 Å². The Balaban J connectivity index is 2.66. The lowest BCUT2D eigenvalue weighted by Gasteiger charge is -2.09. The zero-order valence-corrected chi connectivity index (χ0v) is 11.2. The Bertz CT molecular complexity index is 691. The normalized spacial score (nSPS) is 11.5. The van der Waals surface area contributed by atoms with Crippen molar-refractivity contribution >= 4 is 10.0 Å². The van der Waals surface area contributed by atoms with Gasteiger partial charge in [0.15, 0.2) is 0 Å². The van der Waals surface area contributed by atoms with Gasteiger partial charge in [-0.25, -0.2) is 13.6 Å². The van der Waals surface area contributed by atoms with Crippen molar-refractivity contribution in [1.29, 1.82) is 0 Å². The van der Waals surface area contributed by atoms with Crippen LogP contribution in [0.3, 0.4) is 0 Å². The zero-order chi connectivity index (χ0) is 13.3. The summed E-state index contributed by atoms with van der Waals surface area (Å²) in [5.41, 5.74) is 3.64. The van der Waals surface area contributed by atoms with Crippen molar-refractivity contribution in [2.75, 3.05) is 0 Å². The van der Waals surface area contributed by atoms with Crippen molar-refractivity contribution in [3.63, 3.8) is 0 Å². The van der Waals surface area contributed by atoms with Crippen LogP contribution in [0.1, 0.15) is 11.1 Å². The second-order valence-electron chi connectivity index (χ2n) is 4.34. The topological polar surface area (TPSA) is 60.2 Å². The van der Waals surface area contributed by atoms with Crippen LogP contribution in [0.25, 0.3) is 11.1 Å². The van der Waals surface area contributed by atoms with Crippen LogP contribution < -0.4 is 5.14 Å². The Kier molecular flexibility index (Phi) is 3.24. The quantitative estimate of drug-likeness (QED) is 0.903. The summed E-state index contributed by atoms with van der Waals surface area (Å²) in [7, 11) is -3.68. The van der Waals surface area contributed by atoms with E-state index < -0.39 is 10.0 Å². The molecule has 2 aromatic rings. The predicted molar refractivity (Wildman–Crippen MR) is 72.7 cm³/mol. The number of rotatable bonds is 2. The molecule has 2 aromatic carbocycles. The molecular formula is C14H15NO2S. The molecule has 0 aliphatic heterocycles. The van der Waals surface area contributed by atoms with Gasteiger partial charge in [0.05, 0.1) is 4.90 Å². The van der Waals surface area contributed by atoms with Gasteiger partial charge >= 0.3 is 0 Å². The monoisotopic (exact) mass is 261 g/mol. The van der Waals surface area contributed by atoms with E-state index in [1.807, 2.05) is 37.3 Å². The third kappa shape index (κ3) is 2.44. The Morgan fingerprint density at radius 1 is 0.944 bits per heavy atom. The van der Waals surface area contributed by atoms with E-state index in [0.717, 1.165) is 16.7 Å². The van der Waals surface area contributed by atoms with Gasteiger partial charge in [-0.1, -0.05) is 36.4 Å². The molecule has 0 saturated heterocycles. The molecule has 94 valence electrons. The molecule has 0 aliphatic carbocycles. The second-order valence-corrected chi connectivity index (χ2v) is 5.87. The first-order valence-corrected chi connectivity index (χ1v) is 7.13. The Labute approximate surface area is 107 Å². The molecule has 0 atom stereocenters. The van der Waals surface area contributed by atoms with Crippen LogP contribution in [-0.4, -0.2) is 8.42 Å². The van der Waals surface area contributed by atoms with Gasteiger partial charge < -0.3 is 0 Å². The van der Waals surface area contributed by atoms with Gasteiger partial charge in [-0.3, -0.25) is 0 Å². The van der Waals surface area contributed by atoms with Gasteiger partial charge in [0, 0.05) is 0 Å². The summed E-state index contributed by atoms with van der Waals surface area (Å²) in [5, 5.41) is 5.21. The van der Waals surface area contributed by atoms with Crippen LogP contribution in [0.5, 0.6) is 0 Å². The second kappa shape index (κ2) is 4.55. The van der Waals surface area contributed by atoms with E-state index in [1.165, 1.54) is 0 Å². The van der Waals surface area contributed by atoms with E-state index >= 15 is 0 Å². The number of sulfonamides is 1. The standard InChI is InChI=1S/C14H15NO2S/c1-10-5-3-4-6-13(10)12-8-7-11(2)14(9-12)18(15,16)17/h3-9H,1-2H3,(H2,15,16,17). The van der Waals surface area contributed by atoms with Gasteiger partial charge in [-0.15, -0.1) is 0 Å². The van der Waals surface area contributed by atoms with Crippen LogP contribution in [0.2, 0.25) is 0 Å². The molecule has 0 saturated carbocycles. The van der Waals surface area contributed by atoms with Crippen molar-refractivity contribution in [3.8, 4) is 11.1 Å². The first-order chi connectivity index (χ1) is 8.39. The van der Waals surface area contributed by atoms with Crippen LogP contribution >= 0.6 is 0 Å². The fraction of sp³-hybridized carbons (Fsp3) is 0.143. The van der Waals surface area contributed by atoms with Crippen LogP contribution in [0.15, 0.2) is 47.4 Å². The highest BCUT2D eigenvalue weighted by Gasteiger charge is 2.13. The number of hydrogen-bond acceptors (Lipinski definition) is 2. The molecule has 2 N–H and O–H groups in total. The molecule has 0 bridgehead atoms. The molecule has 0 aromatic heterocycles. The minimum Gasteiger partial charge on any atom is -0.225 e. The van der Waals surface area contributed by atoms with Gasteiger partial charge in [0.2, 0.25) is 10.0 Å². The summed E-state index contributed by atoms with van der Waals surface area (Å²) in [5.74, 6) is 0. The van der Waals surface area contributed by atoms with Crippen molar-refractivity contribution in [2.45, 2.75) is 18.7 Å². The first kappa shape index (κ1) is 12.8. The zero-order valence-electron chi connectivity index (χ0n) is 10.3. The van der Waals surface area contributed by atoms with E-state index in [9.17, 15) is 8.42 Å². The van der Waals surface area contributed by atoms with Gasteiger partial charge in [-0.2, -0.15) is 0 Å². The maximum Gasteiger partial charge on any atom is 0.238 e. The van der Waals surface area contributed by atoms with Gasteiger partial charge in [0.1, 0.15) is 0 Å². The number of aryl methyl sites for hydroxylation is 2. The van der Waals surface area contributed by atoms with Crippen LogP contribution in [-0.2, 0) is 10.0 Å². The van der Waals surface area contributed by atoms with Crippen LogP contribution in [0.4, 0.5) is 0 Å². The fourth-order valence-electron chi connectivity index (χ4n) is 1.97. The summed E-state index contributed by atoms with van der Waals surface area (Å²) in [4.78, 5) is 0.184. The van der Waals surface area contributed by atoms with Gasteiger partial charge in [0.25, 0.3) is 0 Å². The highest BCUT2D eigenvalue weighted by molar-refractivity contribution is 7.89. The lowest BCUT2D eigenvalue weighted by atomic mass is 10.00. The van der Waals surface area contributed by atoms with E-state index in [1.54, 1.807) is 19.1 Å². The van der Waals surface area contributed by atoms with Gasteiger partial charge in [-0.05, 0) is 42.2 Å². The molecule has 0 spiro atoms. The predicted octanol–water partition coefficient (Wildman–Crippen LogP) is 2.62. The molecule has 0 fully saturated rings. The van der Waals surface area contributed by atoms with Crippen molar-refractivity contribution in [3.05, 3.63) is 53.6 Å². The average molecular weight is 261 g/mol. The Morgan fingerprint density at radius 2 is 1.61 bits per heavy atom. The average Bonchev–Trinajstić information content (AvgIpc) is 2.29. The minimum absolute atomic E-state index is 0.184. The molecule has 4 heteroatoms. The van der Waals surface area contributed by atoms with E-state index in [0.29, 0.717) is 5.56 Å². The lowest BCUT2D eigenvalue weighted by molar-refractivity contribution is 0.597. The Hall–Kier alpha value is -1.65. The summed E-state index contributed by atoms with van der Waals surface area (Å²) >= 11 is 0. The maximum atomic E-state index is 11.5. The van der Waals surface area contributed by atoms with Crippen LogP contribution in [0, 0.1) is 13.8 Å². The molecule has 2 rings (SSSR count). The molecule has 3 nitrogen and oxygen atoms in total. The lowest BCUT2D eigenvalue weighted by Crippen LogP contribution is -2.13. The summed E-state index contributed by atoms with van der Waals surface area (Å²) < 4.78 is 23.0. The highest BCUT2D eigenvalue weighted by Crippen LogP contribution is 2.26. The molecule has 0 radical (unpaired) electrons. The number of primary sulfonamides is 1. The molecule has 0 unspecified atom stereocenters. The highest BCUT2D eigenvalue weighted by atomic mass is 32.2. The maximum absolute atomic E-state index is 11.5. The smallest absolute Gasteiger partial charge is 0.225 e. The minimum atomic E-state index is -3.68. The number of hydrogen-bond donors (Lipinski definition) is 1. The van der Waals surface area contributed by atoms with Crippen molar-refractivity contribution in [1.82, 2.24) is 0 Å². The number of benzene rings is 2. The molecule has 0 amide bonds. The molecule has 18 heavy (non-hydrogen) atoms. The molecule has 0 heterocycles. The molecule has 0 aliphatic rings. The largest absolute Gasteiger partial charge is 0.238 e. The van der Waals surface area contributed by atoms with Crippen molar-refractivity contribution in [2.24, 2.45) is 5.14 Å². The summed E-state index contributed by atoms with van der Waals surface area (Å²) in [6, 6.07) is 13.2. The number of nitrogens with two attached hydrogens (primary N) is 1.